The summed E-state index contributed by atoms with van der Waals surface area (Å²) in [5, 5.41) is 10.8. The summed E-state index contributed by atoms with van der Waals surface area (Å²) >= 11 is 3.23. The largest absolute Gasteiger partial charge is 0.360 e. The van der Waals surface area contributed by atoms with Gasteiger partial charge in [0.25, 0.3) is 0 Å². The van der Waals surface area contributed by atoms with Crippen molar-refractivity contribution in [3.63, 3.8) is 0 Å². The molecule has 0 radical (unpaired) electrons. The Bertz CT molecular complexity index is 716. The van der Waals surface area contributed by atoms with Gasteiger partial charge in [-0.2, -0.15) is 11.3 Å². The Labute approximate surface area is 126 Å². The molecule has 0 N–H and O–H groups in total. The maximum absolute atomic E-state index is 12.1. The van der Waals surface area contributed by atoms with Crippen molar-refractivity contribution in [3.8, 4) is 10.6 Å². The van der Waals surface area contributed by atoms with Gasteiger partial charge in [-0.05, 0) is 18.4 Å². The van der Waals surface area contributed by atoms with Crippen LogP contribution in [0.25, 0.3) is 10.6 Å². The maximum Gasteiger partial charge on any atom is 0.149 e. The molecule has 0 aliphatic rings. The molecule has 0 aromatic carbocycles. The van der Waals surface area contributed by atoms with Crippen LogP contribution in [0.1, 0.15) is 17.1 Å². The first-order valence-corrected chi connectivity index (χ1v) is 9.26. The van der Waals surface area contributed by atoms with E-state index in [1.165, 1.54) is 0 Å². The van der Waals surface area contributed by atoms with Gasteiger partial charge in [0.15, 0.2) is 0 Å². The topological polar surface area (TPSA) is 56.0 Å². The smallest absolute Gasteiger partial charge is 0.149 e. The molecular formula is C13H12N2O2S3. The minimum Gasteiger partial charge on any atom is -0.360 e. The number of hydrogen-bond donors (Lipinski definition) is 0. The molecule has 3 aromatic heterocycles. The molecule has 0 fully saturated rings. The molecule has 3 rings (SSSR count). The molecule has 0 saturated heterocycles. The molecule has 0 aliphatic heterocycles. The lowest BCUT2D eigenvalue weighted by molar-refractivity contribution is 0.390. The zero-order chi connectivity index (χ0) is 13.9. The van der Waals surface area contributed by atoms with E-state index in [1.807, 2.05) is 29.8 Å². The van der Waals surface area contributed by atoms with Crippen LogP contribution in [0.15, 0.2) is 32.8 Å². The van der Waals surface area contributed by atoms with E-state index in [0.717, 1.165) is 22.0 Å². The first-order chi connectivity index (χ1) is 9.70. The lowest BCUT2D eigenvalue weighted by Gasteiger charge is -1.96. The average molecular weight is 324 g/mol. The molecular weight excluding hydrogens is 312 g/mol. The lowest BCUT2D eigenvalue weighted by atomic mass is 10.4. The maximum atomic E-state index is 12.1. The van der Waals surface area contributed by atoms with Gasteiger partial charge in [-0.15, -0.1) is 11.3 Å². The van der Waals surface area contributed by atoms with Gasteiger partial charge in [-0.1, -0.05) is 5.16 Å². The molecule has 20 heavy (non-hydrogen) atoms. The minimum atomic E-state index is -1.03. The summed E-state index contributed by atoms with van der Waals surface area (Å²) in [4.78, 5) is 4.53. The predicted octanol–water partition coefficient (Wildman–Crippen LogP) is 3.62. The SMILES string of the molecule is Cc1cc(CS(=O)Cc2csc(-c3ccsc3)n2)on1. The summed E-state index contributed by atoms with van der Waals surface area (Å²) in [6, 6.07) is 3.86. The highest BCUT2D eigenvalue weighted by Crippen LogP contribution is 2.26. The van der Waals surface area contributed by atoms with E-state index in [-0.39, 0.29) is 0 Å². The van der Waals surface area contributed by atoms with E-state index < -0.39 is 10.8 Å². The predicted molar refractivity (Wildman–Crippen MR) is 82.2 cm³/mol. The molecule has 0 aliphatic carbocycles. The van der Waals surface area contributed by atoms with Gasteiger partial charge in [0.1, 0.15) is 10.8 Å². The van der Waals surface area contributed by atoms with E-state index in [2.05, 4.69) is 15.5 Å². The molecule has 0 amide bonds. The van der Waals surface area contributed by atoms with Crippen molar-refractivity contribution in [2.45, 2.75) is 18.4 Å². The number of thiazole rings is 1. The normalized spacial score (nSPS) is 12.7. The molecule has 3 heterocycles. The molecule has 4 nitrogen and oxygen atoms in total. The minimum absolute atomic E-state index is 0.381. The Balaban J connectivity index is 1.64. The second-order valence-electron chi connectivity index (χ2n) is 4.32. The van der Waals surface area contributed by atoms with E-state index >= 15 is 0 Å². The Morgan fingerprint density at radius 2 is 2.25 bits per heavy atom. The Hall–Kier alpha value is -1.31. The Morgan fingerprint density at radius 3 is 2.95 bits per heavy atom. The van der Waals surface area contributed by atoms with Crippen LogP contribution in [-0.4, -0.2) is 14.3 Å². The summed E-state index contributed by atoms with van der Waals surface area (Å²) < 4.78 is 17.2. The highest BCUT2D eigenvalue weighted by atomic mass is 32.2. The number of rotatable bonds is 5. The van der Waals surface area contributed by atoms with Crippen LogP contribution in [0.4, 0.5) is 0 Å². The van der Waals surface area contributed by atoms with Gasteiger partial charge in [0.2, 0.25) is 0 Å². The van der Waals surface area contributed by atoms with Crippen LogP contribution in [0.3, 0.4) is 0 Å². The summed E-state index contributed by atoms with van der Waals surface area (Å²) in [6.07, 6.45) is 0. The molecule has 0 saturated carbocycles. The highest BCUT2D eigenvalue weighted by molar-refractivity contribution is 7.83. The van der Waals surface area contributed by atoms with E-state index in [0.29, 0.717) is 17.3 Å². The van der Waals surface area contributed by atoms with Crippen molar-refractivity contribution in [1.29, 1.82) is 0 Å². The van der Waals surface area contributed by atoms with E-state index in [1.54, 1.807) is 22.7 Å². The van der Waals surface area contributed by atoms with E-state index in [4.69, 9.17) is 4.52 Å². The van der Waals surface area contributed by atoms with Crippen molar-refractivity contribution in [2.75, 3.05) is 0 Å². The summed E-state index contributed by atoms with van der Waals surface area (Å²) in [7, 11) is -1.03. The first-order valence-electron chi connectivity index (χ1n) is 5.95. The number of aryl methyl sites for hydroxylation is 1. The van der Waals surface area contributed by atoms with Crippen molar-refractivity contribution in [2.24, 2.45) is 0 Å². The quantitative estimate of drug-likeness (QED) is 0.719. The van der Waals surface area contributed by atoms with Gasteiger partial charge in [-0.25, -0.2) is 4.98 Å². The highest BCUT2D eigenvalue weighted by Gasteiger charge is 2.11. The molecule has 3 aromatic rings. The molecule has 0 bridgehead atoms. The summed E-state index contributed by atoms with van der Waals surface area (Å²) in [6.45, 7) is 1.85. The van der Waals surface area contributed by atoms with Gasteiger partial charge < -0.3 is 4.52 Å². The third-order valence-corrected chi connectivity index (χ3v) is 5.46. The fraction of sp³-hybridized carbons (Fsp3) is 0.231. The van der Waals surface area contributed by atoms with Crippen LogP contribution >= 0.6 is 22.7 Å². The standard InChI is InChI=1S/C13H12N2O2S3/c1-9-4-12(17-15-9)8-20(16)7-11-6-19-13(14-11)10-2-3-18-5-10/h2-6H,7-8H2,1H3. The third kappa shape index (κ3) is 3.23. The van der Waals surface area contributed by atoms with Crippen molar-refractivity contribution >= 4 is 33.5 Å². The van der Waals surface area contributed by atoms with Crippen LogP contribution in [0.2, 0.25) is 0 Å². The second-order valence-corrected chi connectivity index (χ2v) is 7.41. The first kappa shape index (κ1) is 13.7. The molecule has 1 unspecified atom stereocenters. The number of hydrogen-bond acceptors (Lipinski definition) is 6. The summed E-state index contributed by atoms with van der Waals surface area (Å²) in [5.41, 5.74) is 2.80. The van der Waals surface area contributed by atoms with Crippen LogP contribution in [-0.2, 0) is 22.3 Å². The van der Waals surface area contributed by atoms with Crippen molar-refractivity contribution in [3.05, 3.63) is 45.4 Å². The van der Waals surface area contributed by atoms with Crippen LogP contribution in [0.5, 0.6) is 0 Å². The molecule has 104 valence electrons. The lowest BCUT2D eigenvalue weighted by Crippen LogP contribution is -1.99. The molecule has 1 atom stereocenters. The fourth-order valence-electron chi connectivity index (χ4n) is 1.75. The monoisotopic (exact) mass is 324 g/mol. The molecule has 7 heteroatoms. The van der Waals surface area contributed by atoms with E-state index in [9.17, 15) is 4.21 Å². The summed E-state index contributed by atoms with van der Waals surface area (Å²) in [5.74, 6) is 1.49. The van der Waals surface area contributed by atoms with Crippen molar-refractivity contribution < 1.29 is 8.73 Å². The van der Waals surface area contributed by atoms with Gasteiger partial charge in [-0.3, -0.25) is 4.21 Å². The van der Waals surface area contributed by atoms with Crippen molar-refractivity contribution in [1.82, 2.24) is 10.1 Å². The third-order valence-electron chi connectivity index (χ3n) is 2.61. The number of thiophene rings is 1. The van der Waals surface area contributed by atoms with Gasteiger partial charge >= 0.3 is 0 Å². The average Bonchev–Trinajstić information content (AvgIpc) is 3.10. The zero-order valence-corrected chi connectivity index (χ0v) is 13.2. The van der Waals surface area contributed by atoms with Gasteiger partial charge in [0.05, 0.1) is 22.9 Å². The Morgan fingerprint density at radius 1 is 1.35 bits per heavy atom. The number of aromatic nitrogens is 2. The van der Waals surface area contributed by atoms with Crippen LogP contribution in [0, 0.1) is 6.92 Å². The van der Waals surface area contributed by atoms with Crippen LogP contribution < -0.4 is 0 Å². The fourth-order valence-corrected chi connectivity index (χ4v) is 4.42. The van der Waals surface area contributed by atoms with Gasteiger partial charge in [0, 0.05) is 33.2 Å². The molecule has 0 spiro atoms. The number of nitrogens with zero attached hydrogens (tertiary/aromatic N) is 2. The zero-order valence-electron chi connectivity index (χ0n) is 10.7. The Kier molecular flexibility index (Phi) is 4.09. The second kappa shape index (κ2) is 5.99.